The van der Waals surface area contributed by atoms with Crippen LogP contribution in [0.5, 0.6) is 11.5 Å². The molecule has 0 spiro atoms. The van der Waals surface area contributed by atoms with Crippen molar-refractivity contribution < 1.29 is 86.9 Å². The van der Waals surface area contributed by atoms with Crippen LogP contribution in [0.4, 0.5) is 44.3 Å². The molecule has 6 fully saturated rings. The molecule has 14 nitrogen and oxygen atoms in total. The number of aromatic nitrogens is 2. The van der Waals surface area contributed by atoms with Crippen LogP contribution in [0.25, 0.3) is 22.5 Å². The Morgan fingerprint density at radius 3 is 1.54 bits per heavy atom. The summed E-state index contributed by atoms with van der Waals surface area (Å²) in [7, 11) is 0. The van der Waals surface area contributed by atoms with Crippen molar-refractivity contribution in [3.63, 3.8) is 0 Å². The summed E-state index contributed by atoms with van der Waals surface area (Å²) < 4.78 is 147. The Bertz CT molecular complexity index is 2480. The smallest absolute Gasteiger partial charge is 0.475 e. The van der Waals surface area contributed by atoms with E-state index in [1.165, 1.54) is 30.3 Å². The fourth-order valence-electron chi connectivity index (χ4n) is 9.46. The number of carboxylic acid groups (broad SMARTS) is 1. The summed E-state index contributed by atoms with van der Waals surface area (Å²) in [5.74, 6) is -0.808. The van der Waals surface area contributed by atoms with Crippen molar-refractivity contribution in [2.24, 2.45) is 11.8 Å². The van der Waals surface area contributed by atoms with Crippen molar-refractivity contribution in [1.29, 1.82) is 0 Å². The van der Waals surface area contributed by atoms with E-state index in [1.807, 2.05) is 20.8 Å². The van der Waals surface area contributed by atoms with Crippen LogP contribution >= 0.6 is 0 Å². The molecule has 10 rings (SSSR count). The van der Waals surface area contributed by atoms with Gasteiger partial charge in [0.05, 0.1) is 25.4 Å². The van der Waals surface area contributed by atoms with E-state index in [0.29, 0.717) is 54.2 Å². The maximum Gasteiger partial charge on any atom is 0.573 e. The average Bonchev–Trinajstić information content (AvgIpc) is 3.89. The van der Waals surface area contributed by atoms with Crippen molar-refractivity contribution in [2.75, 3.05) is 13.1 Å². The highest BCUT2D eigenvalue weighted by Crippen LogP contribution is 2.48. The Balaban J connectivity index is 0.000000169. The zero-order chi connectivity index (χ0) is 50.3. The maximum absolute atomic E-state index is 13.0. The summed E-state index contributed by atoms with van der Waals surface area (Å²) >= 11 is 0. The first-order chi connectivity index (χ1) is 32.9. The van der Waals surface area contributed by atoms with Crippen LogP contribution in [0.3, 0.4) is 0 Å². The van der Waals surface area contributed by atoms with Gasteiger partial charge in [0.2, 0.25) is 0 Å². The Labute approximate surface area is 395 Å². The number of fused-ring (bicyclic) bond motifs is 4. The summed E-state index contributed by atoms with van der Waals surface area (Å²) in [5.41, 5.74) is 2.03. The lowest BCUT2D eigenvalue weighted by Gasteiger charge is -2.33. The van der Waals surface area contributed by atoms with Crippen LogP contribution in [0.15, 0.2) is 57.6 Å². The molecular formula is C47H51F9N4O10. The quantitative estimate of drug-likeness (QED) is 0.129. The number of likely N-dealkylation sites (tertiary alicyclic amines) is 1. The molecule has 4 heterocycles. The number of halogens is 9. The highest BCUT2D eigenvalue weighted by atomic mass is 19.4. The molecule has 4 saturated carbocycles. The predicted octanol–water partition coefficient (Wildman–Crippen LogP) is 11.0. The minimum Gasteiger partial charge on any atom is -0.475 e. The minimum atomic E-state index is -5.08. The molecule has 23 heteroatoms. The van der Waals surface area contributed by atoms with E-state index in [0.717, 1.165) is 62.8 Å². The molecule has 382 valence electrons. The molecular weight excluding hydrogens is 952 g/mol. The number of amides is 1. The molecule has 6 aliphatic rings. The Hall–Kier alpha value is -5.55. The van der Waals surface area contributed by atoms with Gasteiger partial charge in [-0.1, -0.05) is 34.6 Å². The molecule has 2 aliphatic heterocycles. The number of hydrogen-bond acceptors (Lipinski definition) is 12. The zero-order valence-corrected chi connectivity index (χ0v) is 38.1. The van der Waals surface area contributed by atoms with Crippen LogP contribution in [0.1, 0.15) is 107 Å². The number of carboxylic acids is 1. The number of benzene rings is 2. The van der Waals surface area contributed by atoms with Crippen LogP contribution in [-0.2, 0) is 32.2 Å². The lowest BCUT2D eigenvalue weighted by molar-refractivity contribution is -0.275. The van der Waals surface area contributed by atoms with Gasteiger partial charge in [0, 0.05) is 65.2 Å². The second-order valence-electron chi connectivity index (χ2n) is 19.2. The number of carbonyl (C=O) groups excluding carboxylic acids is 1. The van der Waals surface area contributed by atoms with E-state index in [-0.39, 0.29) is 71.3 Å². The topological polar surface area (TPSA) is 168 Å². The fourth-order valence-corrected chi connectivity index (χ4v) is 9.46. The monoisotopic (exact) mass is 1000 g/mol. The van der Waals surface area contributed by atoms with Crippen LogP contribution in [0, 0.1) is 11.8 Å². The third-order valence-corrected chi connectivity index (χ3v) is 12.8. The molecule has 6 atom stereocenters. The van der Waals surface area contributed by atoms with Crippen LogP contribution in [0.2, 0.25) is 0 Å². The molecule has 2 aromatic heterocycles. The Morgan fingerprint density at radius 1 is 0.700 bits per heavy atom. The number of alkyl halides is 9. The molecule has 2 saturated heterocycles. The molecule has 2 N–H and O–H groups in total. The SMILES string of the molecule is CC(C)(C)OC(=O)N1C[C@@H]2C[C@H]1C[C@H]2OCc1c(-c2ccccc2OC(F)(F)F)noc1C1CC1.FC(F)(F)Oc1ccccc1-c1noc(C2CC2)c1CO[C@@H]1C[C@@H]2C[C@H]1CN2.O=C(O)C(F)(F)F. The van der Waals surface area contributed by atoms with E-state index < -0.39 is 30.5 Å². The molecule has 4 bridgehead atoms. The number of carbonyl (C=O) groups is 2. The second kappa shape index (κ2) is 19.9. The second-order valence-corrected chi connectivity index (χ2v) is 19.2. The average molecular weight is 1000 g/mol. The third kappa shape index (κ3) is 12.7. The van der Waals surface area contributed by atoms with Crippen LogP contribution < -0.4 is 14.8 Å². The van der Waals surface area contributed by atoms with Gasteiger partial charge in [0.1, 0.15) is 40.0 Å². The molecule has 1 amide bonds. The van der Waals surface area contributed by atoms with Gasteiger partial charge in [-0.25, -0.2) is 9.59 Å². The summed E-state index contributed by atoms with van der Waals surface area (Å²) in [5, 5.41) is 18.8. The van der Waals surface area contributed by atoms with Gasteiger partial charge in [-0.05, 0) is 102 Å². The lowest BCUT2D eigenvalue weighted by Crippen LogP contribution is -2.44. The van der Waals surface area contributed by atoms with Gasteiger partial charge in [0.15, 0.2) is 0 Å². The first-order valence-corrected chi connectivity index (χ1v) is 22.8. The maximum atomic E-state index is 13.0. The predicted molar refractivity (Wildman–Crippen MR) is 226 cm³/mol. The molecule has 4 aromatic rings. The van der Waals surface area contributed by atoms with E-state index >= 15 is 0 Å². The Kier molecular flexibility index (Phi) is 14.5. The van der Waals surface area contributed by atoms with Gasteiger partial charge in [-0.3, -0.25) is 0 Å². The number of nitrogens with one attached hydrogen (secondary N) is 1. The molecule has 0 unspecified atom stereocenters. The number of ether oxygens (including phenoxy) is 5. The summed E-state index contributed by atoms with van der Waals surface area (Å²) in [6.07, 6.45) is -7.35. The third-order valence-electron chi connectivity index (χ3n) is 12.8. The zero-order valence-electron chi connectivity index (χ0n) is 38.1. The highest BCUT2D eigenvalue weighted by Gasteiger charge is 2.49. The molecule has 4 aliphatic carbocycles. The summed E-state index contributed by atoms with van der Waals surface area (Å²) in [6.45, 7) is 7.53. The minimum absolute atomic E-state index is 0.0600. The van der Waals surface area contributed by atoms with E-state index in [2.05, 4.69) is 25.1 Å². The van der Waals surface area contributed by atoms with E-state index in [9.17, 15) is 44.3 Å². The van der Waals surface area contributed by atoms with Gasteiger partial charge >= 0.3 is 31.0 Å². The molecule has 2 aromatic carbocycles. The largest absolute Gasteiger partial charge is 0.573 e. The standard InChI is InChI=1S/C25H29F3N2O5.C20H21F3N2O3.C2HF3O2/c1-24(2,3)34-23(31)30-12-15-10-16(30)11-20(15)32-13-18-21(29-35-22(18)14-8-9-14)17-6-4-5-7-19(17)33-25(26,27)28;21-20(22,23)27-16-4-2-1-3-14(16)18-15(19(28-25-18)11-5-6-11)10-26-17-8-13-7-12(17)9-24-13;3-2(4,5)1(6)7/h4-7,14-16,20H,8-13H2,1-3H3;1-4,11-13,17,24H,5-10H2;(H,6,7)/t15-,16-,20+;12-,13-,17+;/m00./s1. The molecule has 70 heavy (non-hydrogen) atoms. The highest BCUT2D eigenvalue weighted by molar-refractivity contribution is 5.73. The van der Waals surface area contributed by atoms with Crippen molar-refractivity contribution in [2.45, 2.75) is 146 Å². The van der Waals surface area contributed by atoms with Crippen molar-refractivity contribution in [1.82, 2.24) is 20.5 Å². The van der Waals surface area contributed by atoms with E-state index in [1.54, 1.807) is 23.1 Å². The van der Waals surface area contributed by atoms with Gasteiger partial charge in [-0.2, -0.15) is 13.2 Å². The fraction of sp³-hybridized carbons (Fsp3) is 0.574. The van der Waals surface area contributed by atoms with Gasteiger partial charge in [0.25, 0.3) is 0 Å². The number of hydrogen-bond donors (Lipinski definition) is 2. The summed E-state index contributed by atoms with van der Waals surface area (Å²) in [6, 6.07) is 12.5. The first-order valence-electron chi connectivity index (χ1n) is 22.8. The number of nitrogens with zero attached hydrogens (tertiary/aromatic N) is 3. The number of piperidine rings is 2. The number of rotatable bonds is 12. The number of para-hydroxylation sites is 2. The molecule has 0 radical (unpaired) electrons. The van der Waals surface area contributed by atoms with Crippen LogP contribution in [-0.4, -0.2) is 94.3 Å². The van der Waals surface area contributed by atoms with Gasteiger partial charge < -0.3 is 48.1 Å². The van der Waals surface area contributed by atoms with Crippen molar-refractivity contribution in [3.05, 3.63) is 71.2 Å². The lowest BCUT2D eigenvalue weighted by atomic mass is 10.0. The number of aliphatic carboxylic acids is 1. The van der Waals surface area contributed by atoms with Gasteiger partial charge in [-0.15, -0.1) is 26.3 Å². The normalized spacial score (nSPS) is 23.9. The van der Waals surface area contributed by atoms with Crippen molar-refractivity contribution in [3.8, 4) is 34.0 Å². The first kappa shape index (κ1) is 50.8. The van der Waals surface area contributed by atoms with E-state index in [4.69, 9.17) is 33.2 Å². The summed E-state index contributed by atoms with van der Waals surface area (Å²) in [4.78, 5) is 23.2. The Morgan fingerprint density at radius 2 is 1.17 bits per heavy atom. The van der Waals surface area contributed by atoms with Crippen molar-refractivity contribution >= 4 is 12.1 Å².